The van der Waals surface area contributed by atoms with Crippen molar-refractivity contribution < 1.29 is 24.0 Å². The summed E-state index contributed by atoms with van der Waals surface area (Å²) in [6.45, 7) is 4.21. The van der Waals surface area contributed by atoms with Crippen LogP contribution in [0.25, 0.3) is 0 Å². The molecule has 1 saturated heterocycles. The van der Waals surface area contributed by atoms with Gasteiger partial charge in [0.1, 0.15) is 12.2 Å². The first-order valence-electron chi connectivity index (χ1n) is 6.19. The summed E-state index contributed by atoms with van der Waals surface area (Å²) in [6, 6.07) is 1.51. The number of hydrogen-bond donors (Lipinski definition) is 2. The number of aryl methyl sites for hydroxylation is 1. The van der Waals surface area contributed by atoms with Gasteiger partial charge in [-0.15, -0.1) is 0 Å². The quantitative estimate of drug-likeness (QED) is 0.808. The molecule has 2 heterocycles. The Morgan fingerprint density at radius 2 is 2.30 bits per heavy atom. The normalized spacial score (nSPS) is 16.6. The van der Waals surface area contributed by atoms with Crippen LogP contribution in [0.15, 0.2) is 10.6 Å². The zero-order chi connectivity index (χ0) is 14.8. The van der Waals surface area contributed by atoms with Crippen LogP contribution >= 0.6 is 0 Å². The summed E-state index contributed by atoms with van der Waals surface area (Å²) in [6.07, 6.45) is 0. The number of aliphatic carboxylic acids is 1. The maximum absolute atomic E-state index is 11.8. The first kappa shape index (κ1) is 14.3. The number of aromatic nitrogens is 1. The SMILES string of the molecule is Cc1cc(CNC(=O)N2CC(C)(OCC(=O)O)C2)on1. The average molecular weight is 283 g/mol. The van der Waals surface area contributed by atoms with E-state index >= 15 is 0 Å². The number of amides is 2. The van der Waals surface area contributed by atoms with E-state index in [1.54, 1.807) is 24.8 Å². The second kappa shape index (κ2) is 5.49. The van der Waals surface area contributed by atoms with E-state index in [0.717, 1.165) is 5.69 Å². The van der Waals surface area contributed by atoms with Gasteiger partial charge in [-0.25, -0.2) is 9.59 Å². The molecular weight excluding hydrogens is 266 g/mol. The van der Waals surface area contributed by atoms with Gasteiger partial charge in [-0.1, -0.05) is 5.16 Å². The van der Waals surface area contributed by atoms with Crippen molar-refractivity contribution in [1.29, 1.82) is 0 Å². The smallest absolute Gasteiger partial charge is 0.329 e. The van der Waals surface area contributed by atoms with E-state index < -0.39 is 11.6 Å². The maximum Gasteiger partial charge on any atom is 0.329 e. The molecule has 8 nitrogen and oxygen atoms in total. The number of rotatable bonds is 5. The number of carboxylic acids is 1. The summed E-state index contributed by atoms with van der Waals surface area (Å²) in [7, 11) is 0. The molecule has 0 aromatic carbocycles. The molecular formula is C12H17N3O5. The number of nitrogens with one attached hydrogen (secondary N) is 1. The molecule has 8 heteroatoms. The van der Waals surface area contributed by atoms with Crippen molar-refractivity contribution in [3.8, 4) is 0 Å². The standard InChI is InChI=1S/C12H17N3O5/c1-8-3-9(20-14-8)4-13-11(18)15-6-12(2,7-15)19-5-10(16)17/h3H,4-7H2,1-2H3,(H,13,18)(H,16,17). The monoisotopic (exact) mass is 283 g/mol. The molecule has 0 unspecified atom stereocenters. The van der Waals surface area contributed by atoms with Crippen molar-refractivity contribution in [3.63, 3.8) is 0 Å². The lowest BCUT2D eigenvalue weighted by Crippen LogP contribution is -2.65. The van der Waals surface area contributed by atoms with Gasteiger partial charge in [-0.3, -0.25) is 0 Å². The fraction of sp³-hybridized carbons (Fsp3) is 0.583. The Morgan fingerprint density at radius 1 is 1.60 bits per heavy atom. The van der Waals surface area contributed by atoms with Crippen LogP contribution in [0, 0.1) is 6.92 Å². The molecule has 110 valence electrons. The largest absolute Gasteiger partial charge is 0.480 e. The van der Waals surface area contributed by atoms with Crippen LogP contribution in [0.2, 0.25) is 0 Å². The molecule has 0 radical (unpaired) electrons. The Kier molecular flexibility index (Phi) is 3.93. The van der Waals surface area contributed by atoms with Crippen molar-refractivity contribution in [2.24, 2.45) is 0 Å². The lowest BCUT2D eigenvalue weighted by atomic mass is 9.97. The third kappa shape index (κ3) is 3.47. The zero-order valence-electron chi connectivity index (χ0n) is 11.4. The molecule has 2 amide bonds. The van der Waals surface area contributed by atoms with Crippen LogP contribution in [0.5, 0.6) is 0 Å². The summed E-state index contributed by atoms with van der Waals surface area (Å²) in [5.41, 5.74) is 0.172. The fourth-order valence-corrected chi connectivity index (χ4v) is 2.01. The first-order chi connectivity index (χ1) is 9.38. The topological polar surface area (TPSA) is 105 Å². The molecule has 0 saturated carbocycles. The van der Waals surface area contributed by atoms with E-state index in [1.165, 1.54) is 0 Å². The van der Waals surface area contributed by atoms with Gasteiger partial charge in [-0.2, -0.15) is 0 Å². The number of hydrogen-bond acceptors (Lipinski definition) is 5. The fourth-order valence-electron chi connectivity index (χ4n) is 2.01. The lowest BCUT2D eigenvalue weighted by Gasteiger charge is -2.46. The van der Waals surface area contributed by atoms with Gasteiger partial charge in [0.05, 0.1) is 25.3 Å². The average Bonchev–Trinajstić information content (AvgIpc) is 2.76. The maximum atomic E-state index is 11.8. The summed E-state index contributed by atoms with van der Waals surface area (Å²) in [4.78, 5) is 23.8. The molecule has 1 fully saturated rings. The Labute approximate surface area is 115 Å². The zero-order valence-corrected chi connectivity index (χ0v) is 11.4. The number of carboxylic acid groups (broad SMARTS) is 1. The van der Waals surface area contributed by atoms with Gasteiger partial charge in [0, 0.05) is 6.07 Å². The number of urea groups is 1. The van der Waals surface area contributed by atoms with Crippen molar-refractivity contribution in [3.05, 3.63) is 17.5 Å². The minimum absolute atomic E-state index is 0.240. The minimum atomic E-state index is -1.02. The van der Waals surface area contributed by atoms with Crippen LogP contribution in [0.4, 0.5) is 4.79 Å². The number of nitrogens with zero attached hydrogens (tertiary/aromatic N) is 2. The molecule has 0 spiro atoms. The van der Waals surface area contributed by atoms with Crippen LogP contribution in [-0.4, -0.2) is 52.5 Å². The molecule has 2 rings (SSSR count). The highest BCUT2D eigenvalue weighted by Crippen LogP contribution is 2.24. The molecule has 1 aliphatic heterocycles. The Hall–Kier alpha value is -2.09. The molecule has 0 bridgehead atoms. The van der Waals surface area contributed by atoms with Crippen molar-refractivity contribution in [2.45, 2.75) is 26.0 Å². The van der Waals surface area contributed by atoms with Gasteiger partial charge in [0.15, 0.2) is 5.76 Å². The second-order valence-corrected chi connectivity index (χ2v) is 5.08. The number of likely N-dealkylation sites (tertiary alicyclic amines) is 1. The molecule has 1 aromatic heterocycles. The van der Waals surface area contributed by atoms with Crippen LogP contribution in [-0.2, 0) is 16.1 Å². The number of carbonyl (C=O) groups is 2. The van der Waals surface area contributed by atoms with E-state index in [9.17, 15) is 9.59 Å². The van der Waals surface area contributed by atoms with E-state index in [-0.39, 0.29) is 19.2 Å². The van der Waals surface area contributed by atoms with Gasteiger partial charge in [0.2, 0.25) is 0 Å². The van der Waals surface area contributed by atoms with Crippen molar-refractivity contribution in [2.75, 3.05) is 19.7 Å². The number of carbonyl (C=O) groups excluding carboxylic acids is 1. The molecule has 2 N–H and O–H groups in total. The Bertz CT molecular complexity index is 507. The minimum Gasteiger partial charge on any atom is -0.480 e. The van der Waals surface area contributed by atoms with E-state index in [2.05, 4.69) is 10.5 Å². The predicted octanol–water partition coefficient (Wildman–Crippen LogP) is 0.368. The molecule has 0 atom stereocenters. The van der Waals surface area contributed by atoms with E-state index in [4.69, 9.17) is 14.4 Å². The lowest BCUT2D eigenvalue weighted by molar-refractivity contribution is -0.159. The highest BCUT2D eigenvalue weighted by Gasteiger charge is 2.42. The second-order valence-electron chi connectivity index (χ2n) is 5.08. The summed E-state index contributed by atoms with van der Waals surface area (Å²) < 4.78 is 10.2. The molecule has 20 heavy (non-hydrogen) atoms. The highest BCUT2D eigenvalue weighted by atomic mass is 16.5. The third-order valence-electron chi connectivity index (χ3n) is 2.97. The van der Waals surface area contributed by atoms with Gasteiger partial charge in [0.25, 0.3) is 0 Å². The highest BCUT2D eigenvalue weighted by molar-refractivity contribution is 5.75. The van der Waals surface area contributed by atoms with Crippen LogP contribution < -0.4 is 5.32 Å². The Morgan fingerprint density at radius 3 is 2.85 bits per heavy atom. The van der Waals surface area contributed by atoms with E-state index in [0.29, 0.717) is 18.8 Å². The van der Waals surface area contributed by atoms with Crippen LogP contribution in [0.3, 0.4) is 0 Å². The van der Waals surface area contributed by atoms with E-state index in [1.807, 2.05) is 0 Å². The first-order valence-corrected chi connectivity index (χ1v) is 6.19. The molecule has 0 aliphatic carbocycles. The van der Waals surface area contributed by atoms with Gasteiger partial charge < -0.3 is 24.6 Å². The van der Waals surface area contributed by atoms with Crippen molar-refractivity contribution >= 4 is 12.0 Å². The van der Waals surface area contributed by atoms with Gasteiger partial charge >= 0.3 is 12.0 Å². The molecule has 1 aromatic rings. The summed E-state index contributed by atoms with van der Waals surface area (Å²) in [5.74, 6) is -0.434. The van der Waals surface area contributed by atoms with Crippen molar-refractivity contribution in [1.82, 2.24) is 15.4 Å². The van der Waals surface area contributed by atoms with Crippen LogP contribution in [0.1, 0.15) is 18.4 Å². The third-order valence-corrected chi connectivity index (χ3v) is 2.97. The summed E-state index contributed by atoms with van der Waals surface area (Å²) >= 11 is 0. The number of ether oxygens (including phenoxy) is 1. The summed E-state index contributed by atoms with van der Waals surface area (Å²) in [5, 5.41) is 15.0. The predicted molar refractivity (Wildman–Crippen MR) is 67.0 cm³/mol. The Balaban J connectivity index is 1.72. The molecule has 1 aliphatic rings. The van der Waals surface area contributed by atoms with Gasteiger partial charge in [-0.05, 0) is 13.8 Å².